The number of methoxy groups -OCH3 is 1. The summed E-state index contributed by atoms with van der Waals surface area (Å²) in [5.41, 5.74) is 3.51. The molecule has 3 aromatic rings. The standard InChI is InChI=1S/C21H23N5O2.ClH/c1-15-11-16(26-14-23-13-24-26)7-8-17(15)21(27)25-10-9-22-12-19(25)18-5-3-4-6-20(18)28-2;/h3-8,11,13-14,19,22H,9-10,12H2,1-2H3;1H. The zero-order valence-corrected chi connectivity index (χ0v) is 17.2. The highest BCUT2D eigenvalue weighted by molar-refractivity contribution is 5.96. The smallest absolute Gasteiger partial charge is 0.254 e. The van der Waals surface area contributed by atoms with Gasteiger partial charge in [0.15, 0.2) is 0 Å². The Hall–Kier alpha value is -2.90. The first-order valence-electron chi connectivity index (χ1n) is 9.29. The Morgan fingerprint density at radius 2 is 2.07 bits per heavy atom. The molecule has 4 rings (SSSR count). The molecule has 0 aliphatic carbocycles. The van der Waals surface area contributed by atoms with Crippen molar-refractivity contribution >= 4 is 18.3 Å². The van der Waals surface area contributed by atoms with Gasteiger partial charge in [-0.15, -0.1) is 12.4 Å². The van der Waals surface area contributed by atoms with Crippen molar-refractivity contribution in [3.05, 3.63) is 71.8 Å². The third-order valence-corrected chi connectivity index (χ3v) is 5.13. The number of benzene rings is 2. The van der Waals surface area contributed by atoms with Gasteiger partial charge < -0.3 is 15.0 Å². The van der Waals surface area contributed by atoms with Crippen LogP contribution in [0.15, 0.2) is 55.1 Å². The van der Waals surface area contributed by atoms with Crippen LogP contribution in [0.5, 0.6) is 5.75 Å². The monoisotopic (exact) mass is 413 g/mol. The molecule has 7 nitrogen and oxygen atoms in total. The van der Waals surface area contributed by atoms with Gasteiger partial charge in [0.1, 0.15) is 18.4 Å². The number of nitrogens with one attached hydrogen (secondary N) is 1. The molecule has 1 aliphatic heterocycles. The number of carbonyl (C=O) groups excluding carboxylic acids is 1. The maximum Gasteiger partial charge on any atom is 0.254 e. The molecule has 1 amide bonds. The fourth-order valence-electron chi connectivity index (χ4n) is 3.69. The first-order chi connectivity index (χ1) is 13.7. The number of rotatable bonds is 4. The number of aromatic nitrogens is 3. The van der Waals surface area contributed by atoms with E-state index in [4.69, 9.17) is 4.74 Å². The molecule has 1 aliphatic rings. The number of hydrogen-bond acceptors (Lipinski definition) is 5. The number of halogens is 1. The largest absolute Gasteiger partial charge is 0.496 e. The predicted molar refractivity (Wildman–Crippen MR) is 113 cm³/mol. The number of amides is 1. The number of hydrogen-bond donors (Lipinski definition) is 1. The third kappa shape index (κ3) is 4.11. The van der Waals surface area contributed by atoms with Crippen molar-refractivity contribution in [1.29, 1.82) is 0 Å². The number of nitrogens with zero attached hydrogens (tertiary/aromatic N) is 4. The second-order valence-electron chi connectivity index (χ2n) is 6.80. The summed E-state index contributed by atoms with van der Waals surface area (Å²) >= 11 is 0. The van der Waals surface area contributed by atoms with Crippen LogP contribution in [0, 0.1) is 6.92 Å². The quantitative estimate of drug-likeness (QED) is 0.712. The molecule has 0 spiro atoms. The molecule has 1 N–H and O–H groups in total. The van der Waals surface area contributed by atoms with Gasteiger partial charge in [-0.1, -0.05) is 18.2 Å². The van der Waals surface area contributed by atoms with Crippen LogP contribution in [0.25, 0.3) is 5.69 Å². The van der Waals surface area contributed by atoms with Crippen LogP contribution < -0.4 is 10.1 Å². The maximum absolute atomic E-state index is 13.4. The summed E-state index contributed by atoms with van der Waals surface area (Å²) in [4.78, 5) is 19.3. The highest BCUT2D eigenvalue weighted by Gasteiger charge is 2.31. The van der Waals surface area contributed by atoms with E-state index < -0.39 is 0 Å². The fourth-order valence-corrected chi connectivity index (χ4v) is 3.69. The van der Waals surface area contributed by atoms with Crippen molar-refractivity contribution in [3.63, 3.8) is 0 Å². The molecular weight excluding hydrogens is 390 g/mol. The molecule has 1 fully saturated rings. The molecule has 1 atom stereocenters. The van der Waals surface area contributed by atoms with Gasteiger partial charge in [-0.3, -0.25) is 4.79 Å². The molecular formula is C21H24ClN5O2. The van der Waals surface area contributed by atoms with E-state index in [9.17, 15) is 4.79 Å². The second-order valence-corrected chi connectivity index (χ2v) is 6.80. The van der Waals surface area contributed by atoms with Crippen LogP contribution in [0.1, 0.15) is 27.5 Å². The summed E-state index contributed by atoms with van der Waals surface area (Å²) in [6.45, 7) is 4.06. The number of para-hydroxylation sites is 1. The van der Waals surface area contributed by atoms with E-state index in [0.717, 1.165) is 29.1 Å². The molecule has 2 aromatic carbocycles. The Bertz CT molecular complexity index is 977. The number of ether oxygens (including phenoxy) is 1. The van der Waals surface area contributed by atoms with E-state index in [0.29, 0.717) is 18.7 Å². The first-order valence-corrected chi connectivity index (χ1v) is 9.29. The predicted octanol–water partition coefficient (Wildman–Crippen LogP) is 2.79. The molecule has 2 heterocycles. The van der Waals surface area contributed by atoms with Crippen LogP contribution in [0.2, 0.25) is 0 Å². The van der Waals surface area contributed by atoms with Gasteiger partial charge in [0.25, 0.3) is 5.91 Å². The van der Waals surface area contributed by atoms with Gasteiger partial charge >= 0.3 is 0 Å². The molecule has 152 valence electrons. The van der Waals surface area contributed by atoms with Gasteiger partial charge in [0.05, 0.1) is 18.8 Å². The van der Waals surface area contributed by atoms with Gasteiger partial charge in [0.2, 0.25) is 0 Å². The fraction of sp³-hybridized carbons (Fsp3) is 0.286. The summed E-state index contributed by atoms with van der Waals surface area (Å²) in [5, 5.41) is 7.55. The Kier molecular flexibility index (Phi) is 6.51. The summed E-state index contributed by atoms with van der Waals surface area (Å²) in [6, 6.07) is 13.5. The SMILES string of the molecule is COc1ccccc1C1CNCCN1C(=O)c1ccc(-n2cncn2)cc1C.Cl. The van der Waals surface area contributed by atoms with Crippen molar-refractivity contribution in [2.75, 3.05) is 26.7 Å². The van der Waals surface area contributed by atoms with E-state index in [1.807, 2.05) is 54.3 Å². The highest BCUT2D eigenvalue weighted by atomic mass is 35.5. The van der Waals surface area contributed by atoms with Crippen LogP contribution in [0.4, 0.5) is 0 Å². The van der Waals surface area contributed by atoms with Crippen molar-refractivity contribution in [3.8, 4) is 11.4 Å². The van der Waals surface area contributed by atoms with Crippen LogP contribution in [0.3, 0.4) is 0 Å². The second kappa shape index (κ2) is 9.07. The minimum atomic E-state index is -0.0770. The van der Waals surface area contributed by atoms with Crippen LogP contribution in [-0.4, -0.2) is 52.3 Å². The Labute approximate surface area is 176 Å². The lowest BCUT2D eigenvalue weighted by atomic mass is 9.99. The topological polar surface area (TPSA) is 72.3 Å². The van der Waals surface area contributed by atoms with Gasteiger partial charge in [-0.05, 0) is 36.8 Å². The van der Waals surface area contributed by atoms with Gasteiger partial charge in [-0.25, -0.2) is 9.67 Å². The number of piperazine rings is 1. The van der Waals surface area contributed by atoms with Gasteiger partial charge in [0, 0.05) is 30.8 Å². The molecule has 0 radical (unpaired) electrons. The van der Waals surface area contributed by atoms with Crippen LogP contribution in [-0.2, 0) is 0 Å². The van der Waals surface area contributed by atoms with E-state index >= 15 is 0 Å². The van der Waals surface area contributed by atoms with E-state index in [1.165, 1.54) is 6.33 Å². The van der Waals surface area contributed by atoms with Crippen molar-refractivity contribution in [1.82, 2.24) is 25.0 Å². The summed E-state index contributed by atoms with van der Waals surface area (Å²) in [6.07, 6.45) is 3.14. The van der Waals surface area contributed by atoms with E-state index in [2.05, 4.69) is 15.4 Å². The van der Waals surface area contributed by atoms with Crippen molar-refractivity contribution in [2.24, 2.45) is 0 Å². The zero-order valence-electron chi connectivity index (χ0n) is 16.4. The first kappa shape index (κ1) is 20.8. The minimum absolute atomic E-state index is 0. The summed E-state index contributed by atoms with van der Waals surface area (Å²) < 4.78 is 7.22. The lowest BCUT2D eigenvalue weighted by Gasteiger charge is -2.37. The summed E-state index contributed by atoms with van der Waals surface area (Å²) in [5.74, 6) is 0.826. The molecule has 0 saturated carbocycles. The highest BCUT2D eigenvalue weighted by Crippen LogP contribution is 2.31. The van der Waals surface area contributed by atoms with Crippen LogP contribution >= 0.6 is 12.4 Å². The average molecular weight is 414 g/mol. The normalized spacial score (nSPS) is 16.2. The maximum atomic E-state index is 13.4. The molecule has 29 heavy (non-hydrogen) atoms. The molecule has 1 unspecified atom stereocenters. The molecule has 1 saturated heterocycles. The lowest BCUT2D eigenvalue weighted by Crippen LogP contribution is -2.48. The van der Waals surface area contributed by atoms with Gasteiger partial charge in [-0.2, -0.15) is 5.10 Å². The Morgan fingerprint density at radius 1 is 1.24 bits per heavy atom. The third-order valence-electron chi connectivity index (χ3n) is 5.13. The average Bonchev–Trinajstić information content (AvgIpc) is 3.28. The lowest BCUT2D eigenvalue weighted by molar-refractivity contribution is 0.0631. The Morgan fingerprint density at radius 3 is 2.79 bits per heavy atom. The minimum Gasteiger partial charge on any atom is -0.496 e. The van der Waals surface area contributed by atoms with Crippen molar-refractivity contribution < 1.29 is 9.53 Å². The summed E-state index contributed by atoms with van der Waals surface area (Å²) in [7, 11) is 1.66. The van der Waals surface area contributed by atoms with Crippen molar-refractivity contribution in [2.45, 2.75) is 13.0 Å². The zero-order chi connectivity index (χ0) is 19.5. The molecule has 1 aromatic heterocycles. The number of aryl methyl sites for hydroxylation is 1. The molecule has 0 bridgehead atoms. The molecule has 8 heteroatoms. The number of carbonyl (C=O) groups is 1. The van der Waals surface area contributed by atoms with E-state index in [1.54, 1.807) is 18.1 Å². The van der Waals surface area contributed by atoms with E-state index in [-0.39, 0.29) is 24.4 Å². The Balaban J connectivity index is 0.00000240.